The lowest BCUT2D eigenvalue weighted by molar-refractivity contribution is 0.102. The number of benzene rings is 2. The van der Waals surface area contributed by atoms with Gasteiger partial charge in [-0.05, 0) is 62.2 Å². The van der Waals surface area contributed by atoms with Gasteiger partial charge in [0.2, 0.25) is 0 Å². The van der Waals surface area contributed by atoms with Crippen LogP contribution in [0.2, 0.25) is 0 Å². The van der Waals surface area contributed by atoms with Crippen LogP contribution in [0.15, 0.2) is 45.3 Å². The van der Waals surface area contributed by atoms with Gasteiger partial charge in [0.25, 0.3) is 5.91 Å². The van der Waals surface area contributed by atoms with Crippen LogP contribution in [0.5, 0.6) is 0 Å². The highest BCUT2D eigenvalue weighted by Crippen LogP contribution is 2.26. The van der Waals surface area contributed by atoms with Crippen LogP contribution < -0.4 is 11.1 Å². The van der Waals surface area contributed by atoms with Crippen LogP contribution in [0, 0.1) is 5.82 Å². The number of rotatable bonds is 3. The molecule has 0 aliphatic rings. The molecule has 0 fully saturated rings. The molecule has 2 aromatic rings. The Labute approximate surface area is 143 Å². The first kappa shape index (κ1) is 16.1. The molecule has 7 heteroatoms. The minimum Gasteiger partial charge on any atom is -0.389 e. The van der Waals surface area contributed by atoms with E-state index in [0.29, 0.717) is 20.2 Å². The molecule has 0 spiro atoms. The Kier molecular flexibility index (Phi) is 5.08. The predicted molar refractivity (Wildman–Crippen MR) is 92.1 cm³/mol. The summed E-state index contributed by atoms with van der Waals surface area (Å²) in [6, 6.07) is 9.36. The van der Waals surface area contributed by atoms with E-state index in [1.807, 2.05) is 0 Å². The monoisotopic (exact) mass is 430 g/mol. The highest BCUT2D eigenvalue weighted by atomic mass is 79.9. The number of anilines is 1. The van der Waals surface area contributed by atoms with Crippen molar-refractivity contribution in [3.8, 4) is 0 Å². The highest BCUT2D eigenvalue weighted by molar-refractivity contribution is 9.11. The summed E-state index contributed by atoms with van der Waals surface area (Å²) in [5, 5.41) is 2.63. The van der Waals surface area contributed by atoms with E-state index < -0.39 is 11.7 Å². The SMILES string of the molecule is NC(=S)c1ccc(NC(=O)c2c(F)cccc2Br)c(Br)c1. The molecule has 108 valence electrons. The van der Waals surface area contributed by atoms with Gasteiger partial charge in [-0.25, -0.2) is 4.39 Å². The molecule has 0 saturated carbocycles. The standard InChI is InChI=1S/C14H9Br2FN2OS/c15-8-2-1-3-10(17)12(8)14(20)19-11-5-4-7(13(18)21)6-9(11)16/h1-6H,(H2,18,21)(H,19,20). The molecular formula is C14H9Br2FN2OS. The quantitative estimate of drug-likeness (QED) is 0.714. The Morgan fingerprint density at radius 3 is 2.48 bits per heavy atom. The van der Waals surface area contributed by atoms with Crippen LogP contribution in [0.3, 0.4) is 0 Å². The zero-order valence-corrected chi connectivity index (χ0v) is 14.5. The Morgan fingerprint density at radius 1 is 1.19 bits per heavy atom. The highest BCUT2D eigenvalue weighted by Gasteiger charge is 2.16. The number of halogens is 3. The van der Waals surface area contributed by atoms with Crippen molar-refractivity contribution in [3.05, 3.63) is 62.3 Å². The van der Waals surface area contributed by atoms with Crippen molar-refractivity contribution in [1.82, 2.24) is 0 Å². The molecule has 0 aliphatic carbocycles. The number of thiocarbonyl (C=S) groups is 1. The van der Waals surface area contributed by atoms with Gasteiger partial charge in [0.15, 0.2) is 0 Å². The van der Waals surface area contributed by atoms with E-state index in [1.54, 1.807) is 24.3 Å². The summed E-state index contributed by atoms with van der Waals surface area (Å²) >= 11 is 11.4. The number of nitrogens with two attached hydrogens (primary N) is 1. The fourth-order valence-corrected chi connectivity index (χ4v) is 2.80. The van der Waals surface area contributed by atoms with Crippen molar-refractivity contribution < 1.29 is 9.18 Å². The van der Waals surface area contributed by atoms with Crippen LogP contribution in [0.4, 0.5) is 10.1 Å². The van der Waals surface area contributed by atoms with Gasteiger partial charge in [-0.1, -0.05) is 18.3 Å². The lowest BCUT2D eigenvalue weighted by atomic mass is 10.1. The van der Waals surface area contributed by atoms with Gasteiger partial charge in [-0.3, -0.25) is 4.79 Å². The van der Waals surface area contributed by atoms with Crippen LogP contribution in [0.1, 0.15) is 15.9 Å². The van der Waals surface area contributed by atoms with Crippen LogP contribution in [-0.2, 0) is 0 Å². The molecule has 3 nitrogen and oxygen atoms in total. The summed E-state index contributed by atoms with van der Waals surface area (Å²) in [7, 11) is 0. The molecular weight excluding hydrogens is 423 g/mol. The van der Waals surface area contributed by atoms with E-state index in [0.717, 1.165) is 0 Å². The fourth-order valence-electron chi connectivity index (χ4n) is 1.67. The van der Waals surface area contributed by atoms with E-state index in [1.165, 1.54) is 12.1 Å². The molecule has 0 aliphatic heterocycles. The van der Waals surface area contributed by atoms with Crippen molar-refractivity contribution in [2.75, 3.05) is 5.32 Å². The molecule has 0 aromatic heterocycles. The average Bonchev–Trinajstić information content (AvgIpc) is 2.40. The number of amides is 1. The molecule has 2 aromatic carbocycles. The molecule has 1 amide bonds. The van der Waals surface area contributed by atoms with E-state index in [9.17, 15) is 9.18 Å². The lowest BCUT2D eigenvalue weighted by Gasteiger charge is -2.10. The molecule has 0 unspecified atom stereocenters. The number of carbonyl (C=O) groups is 1. The summed E-state index contributed by atoms with van der Waals surface area (Å²) in [5.41, 5.74) is 6.64. The second kappa shape index (κ2) is 6.64. The van der Waals surface area contributed by atoms with Crippen molar-refractivity contribution in [2.45, 2.75) is 0 Å². The van der Waals surface area contributed by atoms with Gasteiger partial charge < -0.3 is 11.1 Å². The third kappa shape index (κ3) is 3.66. The Morgan fingerprint density at radius 2 is 1.90 bits per heavy atom. The molecule has 3 N–H and O–H groups in total. The maximum Gasteiger partial charge on any atom is 0.259 e. The number of carbonyl (C=O) groups excluding carboxylic acids is 1. The number of hydrogen-bond acceptors (Lipinski definition) is 2. The Hall–Kier alpha value is -1.31. The van der Waals surface area contributed by atoms with E-state index >= 15 is 0 Å². The van der Waals surface area contributed by atoms with E-state index in [2.05, 4.69) is 37.2 Å². The Bertz CT molecular complexity index is 717. The van der Waals surface area contributed by atoms with E-state index in [-0.39, 0.29) is 10.6 Å². The van der Waals surface area contributed by atoms with Gasteiger partial charge in [0.1, 0.15) is 10.8 Å². The minimum atomic E-state index is -0.599. The third-order valence-corrected chi connectivity index (χ3v) is 4.24. The Balaban J connectivity index is 2.30. The van der Waals surface area contributed by atoms with E-state index in [4.69, 9.17) is 18.0 Å². The minimum absolute atomic E-state index is 0.0529. The summed E-state index contributed by atoms with van der Waals surface area (Å²) in [6.45, 7) is 0. The largest absolute Gasteiger partial charge is 0.389 e. The molecule has 0 heterocycles. The smallest absolute Gasteiger partial charge is 0.259 e. The number of nitrogens with one attached hydrogen (secondary N) is 1. The third-order valence-electron chi connectivity index (χ3n) is 2.69. The topological polar surface area (TPSA) is 55.1 Å². The second-order valence-electron chi connectivity index (χ2n) is 4.11. The first-order valence-electron chi connectivity index (χ1n) is 5.75. The van der Waals surface area contributed by atoms with Crippen LogP contribution >= 0.6 is 44.1 Å². The summed E-state index contributed by atoms with van der Waals surface area (Å²) in [4.78, 5) is 12.4. The second-order valence-corrected chi connectivity index (χ2v) is 6.26. The van der Waals surface area contributed by atoms with Crippen molar-refractivity contribution in [3.63, 3.8) is 0 Å². The van der Waals surface area contributed by atoms with Gasteiger partial charge in [0, 0.05) is 14.5 Å². The summed E-state index contributed by atoms with van der Waals surface area (Å²) < 4.78 is 14.7. The summed E-state index contributed by atoms with van der Waals surface area (Å²) in [6.07, 6.45) is 0. The zero-order chi connectivity index (χ0) is 15.6. The molecule has 0 saturated heterocycles. The lowest BCUT2D eigenvalue weighted by Crippen LogP contribution is -2.15. The predicted octanol–water partition coefficient (Wildman–Crippen LogP) is 4.24. The molecule has 0 radical (unpaired) electrons. The molecule has 2 rings (SSSR count). The van der Waals surface area contributed by atoms with Gasteiger partial charge >= 0.3 is 0 Å². The zero-order valence-electron chi connectivity index (χ0n) is 10.5. The average molecular weight is 432 g/mol. The van der Waals surface area contributed by atoms with Gasteiger partial charge in [-0.15, -0.1) is 0 Å². The van der Waals surface area contributed by atoms with Crippen LogP contribution in [0.25, 0.3) is 0 Å². The molecule has 21 heavy (non-hydrogen) atoms. The number of hydrogen-bond donors (Lipinski definition) is 2. The molecule has 0 atom stereocenters. The summed E-state index contributed by atoms with van der Waals surface area (Å²) in [5.74, 6) is -1.15. The first-order valence-corrected chi connectivity index (χ1v) is 7.74. The van der Waals surface area contributed by atoms with Crippen LogP contribution in [-0.4, -0.2) is 10.9 Å². The molecule has 0 bridgehead atoms. The van der Waals surface area contributed by atoms with Gasteiger partial charge in [-0.2, -0.15) is 0 Å². The fraction of sp³-hybridized carbons (Fsp3) is 0. The maximum absolute atomic E-state index is 13.7. The normalized spacial score (nSPS) is 10.2. The maximum atomic E-state index is 13.7. The van der Waals surface area contributed by atoms with Gasteiger partial charge in [0.05, 0.1) is 11.3 Å². The van der Waals surface area contributed by atoms with Crippen molar-refractivity contribution >= 4 is 60.7 Å². The van der Waals surface area contributed by atoms with Crippen molar-refractivity contribution in [2.24, 2.45) is 5.73 Å². The van der Waals surface area contributed by atoms with Crippen molar-refractivity contribution in [1.29, 1.82) is 0 Å². The first-order chi connectivity index (χ1) is 9.90.